The highest BCUT2D eigenvalue weighted by molar-refractivity contribution is 5.44. The van der Waals surface area contributed by atoms with Crippen molar-refractivity contribution in [1.82, 2.24) is 19.8 Å². The minimum absolute atomic E-state index is 0.0837. The second-order valence-corrected chi connectivity index (χ2v) is 6.28. The zero-order valence-electron chi connectivity index (χ0n) is 12.3. The summed E-state index contributed by atoms with van der Waals surface area (Å²) in [5, 5.41) is 16.3. The van der Waals surface area contributed by atoms with Crippen LogP contribution in [-0.4, -0.2) is 39.1 Å². The van der Waals surface area contributed by atoms with Gasteiger partial charge >= 0.3 is 0 Å². The zero-order valence-corrected chi connectivity index (χ0v) is 12.3. The van der Waals surface area contributed by atoms with Crippen LogP contribution < -0.4 is 5.32 Å². The molecule has 20 heavy (non-hydrogen) atoms. The van der Waals surface area contributed by atoms with E-state index in [0.717, 1.165) is 43.3 Å². The van der Waals surface area contributed by atoms with Gasteiger partial charge in [0.25, 0.3) is 0 Å². The van der Waals surface area contributed by atoms with E-state index in [1.54, 1.807) is 0 Å². The highest BCUT2D eigenvalue weighted by atomic mass is 16.5. The minimum atomic E-state index is -0.0837. The van der Waals surface area contributed by atoms with Gasteiger partial charge in [0.1, 0.15) is 5.82 Å². The fraction of sp³-hybridized carbons (Fsp3) is 0.643. The smallest absolute Gasteiger partial charge is 0.178 e. The van der Waals surface area contributed by atoms with E-state index in [-0.39, 0.29) is 5.41 Å². The maximum atomic E-state index is 5.60. The van der Waals surface area contributed by atoms with E-state index in [2.05, 4.69) is 41.4 Å². The number of ether oxygens (including phenoxy) is 1. The maximum absolute atomic E-state index is 5.60. The number of nitrogens with one attached hydrogen (secondary N) is 1. The molecule has 1 unspecified atom stereocenters. The molecule has 108 valence electrons. The molecule has 1 aliphatic heterocycles. The second-order valence-electron chi connectivity index (χ2n) is 6.28. The largest absolute Gasteiger partial charge is 0.376 e. The number of rotatable bonds is 3. The van der Waals surface area contributed by atoms with Crippen LogP contribution in [0.3, 0.4) is 0 Å². The normalized spacial score (nSPS) is 19.6. The van der Waals surface area contributed by atoms with Crippen LogP contribution in [0.25, 0.3) is 5.65 Å². The average Bonchev–Trinajstić information content (AvgIpc) is 3.04. The van der Waals surface area contributed by atoms with Crippen molar-refractivity contribution in [1.29, 1.82) is 0 Å². The molecule has 0 amide bonds. The molecule has 6 heteroatoms. The Bertz CT molecular complexity index is 595. The lowest BCUT2D eigenvalue weighted by Crippen LogP contribution is -2.20. The fourth-order valence-corrected chi connectivity index (χ4v) is 2.37. The SMILES string of the molecule is CC(C)(C)c1nnc2ccc(NCC3CCCO3)nn12. The molecular formula is C14H21N5O. The van der Waals surface area contributed by atoms with Crippen molar-refractivity contribution in [3.8, 4) is 0 Å². The van der Waals surface area contributed by atoms with Crippen LogP contribution in [0.15, 0.2) is 12.1 Å². The summed E-state index contributed by atoms with van der Waals surface area (Å²) >= 11 is 0. The van der Waals surface area contributed by atoms with E-state index in [4.69, 9.17) is 4.74 Å². The molecule has 0 aromatic carbocycles. The standard InChI is InChI=1S/C14H21N5O/c1-14(2,3)13-17-16-12-7-6-11(18-19(12)13)15-9-10-5-4-8-20-10/h6-7,10H,4-5,8-9H2,1-3H3,(H,15,18). The molecule has 1 saturated heterocycles. The molecule has 1 aliphatic rings. The van der Waals surface area contributed by atoms with Gasteiger partial charge in [-0.05, 0) is 25.0 Å². The lowest BCUT2D eigenvalue weighted by atomic mass is 9.96. The Morgan fingerprint density at radius 1 is 1.35 bits per heavy atom. The third-order valence-electron chi connectivity index (χ3n) is 3.47. The van der Waals surface area contributed by atoms with Gasteiger partial charge in [-0.2, -0.15) is 4.52 Å². The Balaban J connectivity index is 1.81. The molecule has 3 rings (SSSR count). The summed E-state index contributed by atoms with van der Waals surface area (Å²) in [5.41, 5.74) is 0.692. The van der Waals surface area contributed by atoms with E-state index in [1.165, 1.54) is 0 Å². The van der Waals surface area contributed by atoms with E-state index in [1.807, 2.05) is 16.6 Å². The van der Waals surface area contributed by atoms with Crippen molar-refractivity contribution in [2.45, 2.75) is 45.1 Å². The summed E-state index contributed by atoms with van der Waals surface area (Å²) in [7, 11) is 0. The van der Waals surface area contributed by atoms with Crippen molar-refractivity contribution in [3.05, 3.63) is 18.0 Å². The van der Waals surface area contributed by atoms with Crippen LogP contribution in [0.5, 0.6) is 0 Å². The quantitative estimate of drug-likeness (QED) is 0.928. The Morgan fingerprint density at radius 3 is 2.90 bits per heavy atom. The van der Waals surface area contributed by atoms with E-state index < -0.39 is 0 Å². The molecule has 6 nitrogen and oxygen atoms in total. The summed E-state index contributed by atoms with van der Waals surface area (Å²) in [6, 6.07) is 3.87. The lowest BCUT2D eigenvalue weighted by Gasteiger charge is -2.15. The number of anilines is 1. The monoisotopic (exact) mass is 275 g/mol. The third kappa shape index (κ3) is 2.60. The third-order valence-corrected chi connectivity index (χ3v) is 3.47. The first-order valence-electron chi connectivity index (χ1n) is 7.12. The first kappa shape index (κ1) is 13.3. The number of fused-ring (bicyclic) bond motifs is 1. The van der Waals surface area contributed by atoms with Crippen molar-refractivity contribution in [3.63, 3.8) is 0 Å². The first-order valence-corrected chi connectivity index (χ1v) is 7.12. The zero-order chi connectivity index (χ0) is 14.2. The molecule has 1 atom stereocenters. The molecule has 1 fully saturated rings. The van der Waals surface area contributed by atoms with Crippen LogP contribution in [0, 0.1) is 0 Å². The van der Waals surface area contributed by atoms with Crippen LogP contribution in [0.2, 0.25) is 0 Å². The highest BCUT2D eigenvalue weighted by Gasteiger charge is 2.22. The molecule has 2 aromatic rings. The summed E-state index contributed by atoms with van der Waals surface area (Å²) in [5.74, 6) is 1.70. The van der Waals surface area contributed by atoms with Crippen LogP contribution in [-0.2, 0) is 10.2 Å². The van der Waals surface area contributed by atoms with Gasteiger partial charge in [0.15, 0.2) is 11.5 Å². The predicted molar refractivity (Wildman–Crippen MR) is 76.9 cm³/mol. The molecule has 0 aliphatic carbocycles. The van der Waals surface area contributed by atoms with Crippen LogP contribution >= 0.6 is 0 Å². The summed E-state index contributed by atoms with van der Waals surface area (Å²) in [6.45, 7) is 8.00. The molecule has 3 heterocycles. The molecule has 2 aromatic heterocycles. The Kier molecular flexibility index (Phi) is 3.33. The number of hydrogen-bond acceptors (Lipinski definition) is 5. The molecule has 0 bridgehead atoms. The van der Waals surface area contributed by atoms with Crippen molar-refractivity contribution in [2.24, 2.45) is 0 Å². The molecule has 0 saturated carbocycles. The maximum Gasteiger partial charge on any atom is 0.178 e. The number of aromatic nitrogens is 4. The second kappa shape index (κ2) is 5.01. The van der Waals surface area contributed by atoms with Crippen LogP contribution in [0.4, 0.5) is 5.82 Å². The lowest BCUT2D eigenvalue weighted by molar-refractivity contribution is 0.120. The van der Waals surface area contributed by atoms with E-state index >= 15 is 0 Å². The van der Waals surface area contributed by atoms with Crippen molar-refractivity contribution < 1.29 is 4.74 Å². The van der Waals surface area contributed by atoms with Gasteiger partial charge in [0.05, 0.1) is 6.10 Å². The minimum Gasteiger partial charge on any atom is -0.376 e. The molecule has 1 N–H and O–H groups in total. The molecular weight excluding hydrogens is 254 g/mol. The van der Waals surface area contributed by atoms with Gasteiger partial charge in [-0.25, -0.2) is 0 Å². The summed E-state index contributed by atoms with van der Waals surface area (Å²) in [4.78, 5) is 0. The molecule has 0 radical (unpaired) electrons. The summed E-state index contributed by atoms with van der Waals surface area (Å²) < 4.78 is 7.42. The fourth-order valence-electron chi connectivity index (χ4n) is 2.37. The highest BCUT2D eigenvalue weighted by Crippen LogP contribution is 2.21. The predicted octanol–water partition coefficient (Wildman–Crippen LogP) is 2.01. The van der Waals surface area contributed by atoms with Gasteiger partial charge in [0.2, 0.25) is 0 Å². The van der Waals surface area contributed by atoms with Crippen LogP contribution in [0.1, 0.15) is 39.4 Å². The first-order chi connectivity index (χ1) is 9.54. The number of hydrogen-bond donors (Lipinski definition) is 1. The molecule has 0 spiro atoms. The Labute approximate surface area is 118 Å². The van der Waals surface area contributed by atoms with Crippen molar-refractivity contribution >= 4 is 11.5 Å². The van der Waals surface area contributed by atoms with Crippen molar-refractivity contribution in [2.75, 3.05) is 18.5 Å². The van der Waals surface area contributed by atoms with Gasteiger partial charge < -0.3 is 10.1 Å². The summed E-state index contributed by atoms with van der Waals surface area (Å²) in [6.07, 6.45) is 2.57. The van der Waals surface area contributed by atoms with E-state index in [0.29, 0.717) is 6.10 Å². The topological polar surface area (TPSA) is 64.3 Å². The number of nitrogens with zero attached hydrogens (tertiary/aromatic N) is 4. The average molecular weight is 275 g/mol. The Morgan fingerprint density at radius 2 is 2.20 bits per heavy atom. The van der Waals surface area contributed by atoms with Gasteiger partial charge in [0, 0.05) is 18.6 Å². The van der Waals surface area contributed by atoms with E-state index in [9.17, 15) is 0 Å². The van der Waals surface area contributed by atoms with Gasteiger partial charge in [-0.3, -0.25) is 0 Å². The van der Waals surface area contributed by atoms with Gasteiger partial charge in [-0.1, -0.05) is 20.8 Å². The Hall–Kier alpha value is -1.69. The van der Waals surface area contributed by atoms with Gasteiger partial charge in [-0.15, -0.1) is 15.3 Å².